The zero-order chi connectivity index (χ0) is 15.4. The van der Waals surface area contributed by atoms with E-state index in [1.54, 1.807) is 29.2 Å². The summed E-state index contributed by atoms with van der Waals surface area (Å²) in [7, 11) is 0. The van der Waals surface area contributed by atoms with Gasteiger partial charge in [-0.15, -0.1) is 0 Å². The third-order valence-corrected chi connectivity index (χ3v) is 3.17. The van der Waals surface area contributed by atoms with E-state index in [-0.39, 0.29) is 13.4 Å². The Hall–Kier alpha value is -2.54. The van der Waals surface area contributed by atoms with E-state index in [2.05, 4.69) is 10.1 Å². The normalized spacial score (nSPS) is 12.8. The van der Waals surface area contributed by atoms with E-state index in [1.165, 1.54) is 12.4 Å². The molecule has 1 aromatic carbocycles. The average Bonchev–Trinajstić information content (AvgIpc) is 3.16. The number of fused-ring (bicyclic) bond motifs is 1. The molecule has 0 unspecified atom stereocenters. The molecule has 0 fully saturated rings. The number of nitrogens with zero attached hydrogens (tertiary/aromatic N) is 3. The van der Waals surface area contributed by atoms with Crippen molar-refractivity contribution in [2.75, 3.05) is 13.4 Å². The molecule has 8 heteroatoms. The SMILES string of the molecule is O=C(C=Cc1cc(Cl)c2c(c1)OCO2)OCCn1cncn1. The van der Waals surface area contributed by atoms with Gasteiger partial charge in [0.25, 0.3) is 0 Å². The maximum Gasteiger partial charge on any atom is 0.330 e. The van der Waals surface area contributed by atoms with Crippen LogP contribution in [0.2, 0.25) is 5.02 Å². The molecule has 1 aliphatic rings. The Kier molecular flexibility index (Phi) is 4.24. The van der Waals surface area contributed by atoms with Crippen LogP contribution in [-0.4, -0.2) is 34.1 Å². The van der Waals surface area contributed by atoms with Gasteiger partial charge < -0.3 is 14.2 Å². The molecule has 0 radical (unpaired) electrons. The summed E-state index contributed by atoms with van der Waals surface area (Å²) >= 11 is 6.06. The van der Waals surface area contributed by atoms with Crippen LogP contribution in [0.15, 0.2) is 30.9 Å². The summed E-state index contributed by atoms with van der Waals surface area (Å²) in [6, 6.07) is 3.43. The predicted octanol–water partition coefficient (Wildman–Crippen LogP) is 1.92. The van der Waals surface area contributed by atoms with Gasteiger partial charge in [0, 0.05) is 6.08 Å². The second-order valence-corrected chi connectivity index (χ2v) is 4.80. The molecular formula is C14H12ClN3O4. The number of hydrogen-bond donors (Lipinski definition) is 0. The van der Waals surface area contributed by atoms with Crippen LogP contribution < -0.4 is 9.47 Å². The van der Waals surface area contributed by atoms with Gasteiger partial charge in [-0.05, 0) is 23.8 Å². The Morgan fingerprint density at radius 3 is 3.18 bits per heavy atom. The van der Waals surface area contributed by atoms with Gasteiger partial charge in [-0.2, -0.15) is 5.10 Å². The number of carbonyl (C=O) groups excluding carboxylic acids is 1. The zero-order valence-corrected chi connectivity index (χ0v) is 12.2. The Balaban J connectivity index is 1.55. The molecule has 0 saturated carbocycles. The highest BCUT2D eigenvalue weighted by Crippen LogP contribution is 2.40. The number of ether oxygens (including phenoxy) is 3. The van der Waals surface area contributed by atoms with Crippen molar-refractivity contribution in [3.8, 4) is 11.5 Å². The molecule has 0 amide bonds. The number of carbonyl (C=O) groups is 1. The van der Waals surface area contributed by atoms with Gasteiger partial charge in [-0.25, -0.2) is 14.5 Å². The highest BCUT2D eigenvalue weighted by atomic mass is 35.5. The van der Waals surface area contributed by atoms with Gasteiger partial charge in [0.15, 0.2) is 11.5 Å². The van der Waals surface area contributed by atoms with Gasteiger partial charge in [-0.3, -0.25) is 0 Å². The second kappa shape index (κ2) is 6.48. The Bertz CT molecular complexity index is 700. The Labute approximate surface area is 131 Å². The minimum Gasteiger partial charge on any atom is -0.461 e. The summed E-state index contributed by atoms with van der Waals surface area (Å²) in [6.07, 6.45) is 5.91. The highest BCUT2D eigenvalue weighted by Gasteiger charge is 2.17. The van der Waals surface area contributed by atoms with Crippen LogP contribution >= 0.6 is 11.6 Å². The number of rotatable bonds is 5. The summed E-state index contributed by atoms with van der Waals surface area (Å²) in [5.74, 6) is 0.634. The van der Waals surface area contributed by atoms with Crippen molar-refractivity contribution < 1.29 is 19.0 Å². The molecule has 3 rings (SSSR count). The Morgan fingerprint density at radius 1 is 1.45 bits per heavy atom. The van der Waals surface area contributed by atoms with Crippen LogP contribution in [-0.2, 0) is 16.1 Å². The fourth-order valence-corrected chi connectivity index (χ4v) is 2.16. The maximum atomic E-state index is 11.6. The van der Waals surface area contributed by atoms with Crippen molar-refractivity contribution in [1.82, 2.24) is 14.8 Å². The van der Waals surface area contributed by atoms with Gasteiger partial charge >= 0.3 is 5.97 Å². The largest absolute Gasteiger partial charge is 0.461 e. The van der Waals surface area contributed by atoms with Crippen molar-refractivity contribution in [3.05, 3.63) is 41.4 Å². The molecule has 114 valence electrons. The lowest BCUT2D eigenvalue weighted by Crippen LogP contribution is -2.09. The number of esters is 1. The smallest absolute Gasteiger partial charge is 0.330 e. The van der Waals surface area contributed by atoms with Crippen molar-refractivity contribution in [2.45, 2.75) is 6.54 Å². The molecule has 0 spiro atoms. The molecule has 2 heterocycles. The summed E-state index contributed by atoms with van der Waals surface area (Å²) < 4.78 is 17.1. The van der Waals surface area contributed by atoms with Crippen LogP contribution in [0.4, 0.5) is 0 Å². The third-order valence-electron chi connectivity index (χ3n) is 2.89. The Morgan fingerprint density at radius 2 is 2.36 bits per heavy atom. The summed E-state index contributed by atoms with van der Waals surface area (Å²) in [5, 5.41) is 4.34. The summed E-state index contributed by atoms with van der Waals surface area (Å²) in [5.41, 5.74) is 0.725. The molecule has 2 aromatic rings. The van der Waals surface area contributed by atoms with Crippen molar-refractivity contribution in [3.63, 3.8) is 0 Å². The van der Waals surface area contributed by atoms with Crippen LogP contribution in [0.3, 0.4) is 0 Å². The van der Waals surface area contributed by atoms with E-state index in [1.807, 2.05) is 0 Å². The standard InChI is InChI=1S/C14H12ClN3O4/c15-11-5-10(6-12-14(11)22-9-21-12)1-2-13(19)20-4-3-18-8-16-7-17-18/h1-2,5-8H,3-4,9H2. The fourth-order valence-electron chi connectivity index (χ4n) is 1.88. The van der Waals surface area contributed by atoms with Crippen LogP contribution in [0, 0.1) is 0 Å². The van der Waals surface area contributed by atoms with E-state index in [9.17, 15) is 4.79 Å². The molecule has 0 aliphatic carbocycles. The second-order valence-electron chi connectivity index (χ2n) is 4.40. The third kappa shape index (κ3) is 3.37. The number of benzene rings is 1. The first-order valence-corrected chi connectivity index (χ1v) is 6.86. The molecule has 22 heavy (non-hydrogen) atoms. The van der Waals surface area contributed by atoms with Crippen LogP contribution in [0.5, 0.6) is 11.5 Å². The van der Waals surface area contributed by atoms with E-state index >= 15 is 0 Å². The average molecular weight is 322 g/mol. The summed E-state index contributed by atoms with van der Waals surface area (Å²) in [6.45, 7) is 0.816. The van der Waals surface area contributed by atoms with Gasteiger partial charge in [0.2, 0.25) is 6.79 Å². The monoisotopic (exact) mass is 321 g/mol. The molecular weight excluding hydrogens is 310 g/mol. The number of hydrogen-bond acceptors (Lipinski definition) is 6. The first kappa shape index (κ1) is 14.4. The lowest BCUT2D eigenvalue weighted by atomic mass is 10.2. The molecule has 1 aliphatic heterocycles. The van der Waals surface area contributed by atoms with Crippen molar-refractivity contribution >= 4 is 23.6 Å². The topological polar surface area (TPSA) is 75.5 Å². The van der Waals surface area contributed by atoms with Gasteiger partial charge in [0.05, 0.1) is 11.6 Å². The van der Waals surface area contributed by atoms with Crippen LogP contribution in [0.1, 0.15) is 5.56 Å². The molecule has 1 aromatic heterocycles. The fraction of sp³-hybridized carbons (Fsp3) is 0.214. The lowest BCUT2D eigenvalue weighted by molar-refractivity contribution is -0.138. The van der Waals surface area contributed by atoms with E-state index in [0.29, 0.717) is 23.1 Å². The van der Waals surface area contributed by atoms with E-state index in [0.717, 1.165) is 5.56 Å². The highest BCUT2D eigenvalue weighted by molar-refractivity contribution is 6.32. The maximum absolute atomic E-state index is 11.6. The van der Waals surface area contributed by atoms with Gasteiger partial charge in [-0.1, -0.05) is 11.6 Å². The predicted molar refractivity (Wildman–Crippen MR) is 77.6 cm³/mol. The number of aromatic nitrogens is 3. The quantitative estimate of drug-likeness (QED) is 0.618. The number of halogens is 1. The van der Waals surface area contributed by atoms with E-state index < -0.39 is 5.97 Å². The molecule has 0 atom stereocenters. The molecule has 0 saturated heterocycles. The first-order chi connectivity index (χ1) is 10.7. The van der Waals surface area contributed by atoms with Crippen molar-refractivity contribution in [2.24, 2.45) is 0 Å². The molecule has 0 N–H and O–H groups in total. The van der Waals surface area contributed by atoms with E-state index in [4.69, 9.17) is 25.8 Å². The van der Waals surface area contributed by atoms with Crippen LogP contribution in [0.25, 0.3) is 6.08 Å². The molecule has 7 nitrogen and oxygen atoms in total. The zero-order valence-electron chi connectivity index (χ0n) is 11.4. The van der Waals surface area contributed by atoms with Gasteiger partial charge in [0.1, 0.15) is 19.3 Å². The minimum atomic E-state index is -0.450. The minimum absolute atomic E-state index is 0.145. The first-order valence-electron chi connectivity index (χ1n) is 6.49. The summed E-state index contributed by atoms with van der Waals surface area (Å²) in [4.78, 5) is 15.4. The van der Waals surface area contributed by atoms with Crippen molar-refractivity contribution in [1.29, 1.82) is 0 Å². The lowest BCUT2D eigenvalue weighted by Gasteiger charge is -2.02. The molecule has 0 bridgehead atoms.